The van der Waals surface area contributed by atoms with Crippen molar-refractivity contribution in [2.24, 2.45) is 0 Å². The van der Waals surface area contributed by atoms with E-state index in [2.05, 4.69) is 10.6 Å². The lowest BCUT2D eigenvalue weighted by atomic mass is 10.2. The van der Waals surface area contributed by atoms with E-state index in [9.17, 15) is 9.59 Å². The third kappa shape index (κ3) is 3.21. The van der Waals surface area contributed by atoms with Crippen molar-refractivity contribution < 1.29 is 19.4 Å². The zero-order valence-electron chi connectivity index (χ0n) is 9.68. The third-order valence-corrected chi connectivity index (χ3v) is 2.61. The first-order valence-electron chi connectivity index (χ1n) is 5.67. The van der Waals surface area contributed by atoms with E-state index in [1.807, 2.05) is 0 Å². The molecule has 1 aromatic rings. The number of rotatable bonds is 3. The molecule has 6 heteroatoms. The van der Waals surface area contributed by atoms with Crippen molar-refractivity contribution in [3.8, 4) is 0 Å². The maximum Gasteiger partial charge on any atom is 0.335 e. The first kappa shape index (κ1) is 12.4. The highest BCUT2D eigenvalue weighted by Gasteiger charge is 2.17. The van der Waals surface area contributed by atoms with Crippen molar-refractivity contribution in [2.45, 2.75) is 19.1 Å². The van der Waals surface area contributed by atoms with Gasteiger partial charge >= 0.3 is 12.0 Å². The summed E-state index contributed by atoms with van der Waals surface area (Å²) in [7, 11) is 0. The summed E-state index contributed by atoms with van der Waals surface area (Å²) in [5.74, 6) is -0.995. The fourth-order valence-corrected chi connectivity index (χ4v) is 1.70. The predicted molar refractivity (Wildman–Crippen MR) is 64.5 cm³/mol. The van der Waals surface area contributed by atoms with Gasteiger partial charge in [0.2, 0.25) is 0 Å². The van der Waals surface area contributed by atoms with Gasteiger partial charge in [-0.2, -0.15) is 0 Å². The molecule has 1 heterocycles. The maximum absolute atomic E-state index is 11.6. The zero-order valence-corrected chi connectivity index (χ0v) is 9.68. The number of ether oxygens (including phenoxy) is 1. The average Bonchev–Trinajstić information content (AvgIpc) is 2.82. The molecule has 2 rings (SSSR count). The Labute approximate surface area is 104 Å². The van der Waals surface area contributed by atoms with Crippen LogP contribution in [0.4, 0.5) is 10.5 Å². The van der Waals surface area contributed by atoms with Crippen molar-refractivity contribution in [3.63, 3.8) is 0 Å². The summed E-state index contributed by atoms with van der Waals surface area (Å²) in [5.41, 5.74) is 0.718. The Bertz CT molecular complexity index is 438. The summed E-state index contributed by atoms with van der Waals surface area (Å²) in [6, 6.07) is 5.59. The number of carbonyl (C=O) groups excluding carboxylic acids is 1. The Balaban J connectivity index is 1.88. The molecule has 0 bridgehead atoms. The molecular weight excluding hydrogens is 236 g/mol. The molecule has 1 aliphatic rings. The summed E-state index contributed by atoms with van der Waals surface area (Å²) >= 11 is 0. The Kier molecular flexibility index (Phi) is 3.78. The molecule has 18 heavy (non-hydrogen) atoms. The van der Waals surface area contributed by atoms with E-state index in [1.54, 1.807) is 12.1 Å². The average molecular weight is 250 g/mol. The fraction of sp³-hybridized carbons (Fsp3) is 0.333. The van der Waals surface area contributed by atoms with E-state index in [4.69, 9.17) is 9.84 Å². The number of carboxylic acid groups (broad SMARTS) is 1. The van der Waals surface area contributed by atoms with Crippen LogP contribution in [0.25, 0.3) is 0 Å². The highest BCUT2D eigenvalue weighted by Crippen LogP contribution is 2.11. The minimum atomic E-state index is -0.995. The fourth-order valence-electron chi connectivity index (χ4n) is 1.70. The van der Waals surface area contributed by atoms with Crippen LogP contribution in [0.1, 0.15) is 23.2 Å². The van der Waals surface area contributed by atoms with Crippen LogP contribution < -0.4 is 10.6 Å². The van der Waals surface area contributed by atoms with Crippen LogP contribution in [-0.4, -0.2) is 29.9 Å². The Morgan fingerprint density at radius 1 is 1.28 bits per heavy atom. The molecular formula is C12H14N2O4. The number of benzene rings is 1. The first-order chi connectivity index (χ1) is 8.65. The van der Waals surface area contributed by atoms with Gasteiger partial charge in [-0.15, -0.1) is 0 Å². The van der Waals surface area contributed by atoms with Crippen LogP contribution >= 0.6 is 0 Å². The minimum absolute atomic E-state index is 0.181. The van der Waals surface area contributed by atoms with Gasteiger partial charge in [0.15, 0.2) is 0 Å². The molecule has 1 aliphatic heterocycles. The highest BCUT2D eigenvalue weighted by molar-refractivity contribution is 5.91. The topological polar surface area (TPSA) is 87.7 Å². The van der Waals surface area contributed by atoms with E-state index in [-0.39, 0.29) is 17.8 Å². The van der Waals surface area contributed by atoms with Crippen LogP contribution in [0.2, 0.25) is 0 Å². The lowest BCUT2D eigenvalue weighted by Crippen LogP contribution is -2.37. The number of nitrogens with one attached hydrogen (secondary N) is 2. The van der Waals surface area contributed by atoms with Crippen LogP contribution in [-0.2, 0) is 4.74 Å². The quantitative estimate of drug-likeness (QED) is 0.761. The number of aromatic carboxylic acids is 1. The van der Waals surface area contributed by atoms with E-state index in [0.29, 0.717) is 12.3 Å². The standard InChI is InChI=1S/C12H14N2O4/c15-11(16)8-3-5-9(6-4-8)13-12(17)14-10-2-1-7-18-10/h3-6,10H,1-2,7H2,(H,15,16)(H2,13,14,17). The molecule has 1 atom stereocenters. The van der Waals surface area contributed by atoms with Crippen molar-refractivity contribution >= 4 is 17.7 Å². The molecule has 96 valence electrons. The van der Waals surface area contributed by atoms with Crippen LogP contribution in [0.3, 0.4) is 0 Å². The van der Waals surface area contributed by atoms with E-state index in [1.165, 1.54) is 12.1 Å². The Morgan fingerprint density at radius 2 is 2.00 bits per heavy atom. The lowest BCUT2D eigenvalue weighted by molar-refractivity contribution is 0.0697. The molecule has 1 unspecified atom stereocenters. The number of carboxylic acids is 1. The number of carbonyl (C=O) groups is 2. The monoisotopic (exact) mass is 250 g/mol. The third-order valence-electron chi connectivity index (χ3n) is 2.61. The SMILES string of the molecule is O=C(Nc1ccc(C(=O)O)cc1)NC1CCCO1. The van der Waals surface area contributed by atoms with Crippen LogP contribution in [0.5, 0.6) is 0 Å². The molecule has 6 nitrogen and oxygen atoms in total. The minimum Gasteiger partial charge on any atom is -0.478 e. The first-order valence-corrected chi connectivity index (χ1v) is 5.67. The molecule has 3 N–H and O–H groups in total. The second kappa shape index (κ2) is 5.50. The summed E-state index contributed by atoms with van der Waals surface area (Å²) < 4.78 is 5.26. The number of anilines is 1. The molecule has 1 aromatic carbocycles. The molecule has 0 spiro atoms. The molecule has 1 fully saturated rings. The number of hydrogen-bond donors (Lipinski definition) is 3. The van der Waals surface area contributed by atoms with Gasteiger partial charge in [0, 0.05) is 12.3 Å². The molecule has 2 amide bonds. The van der Waals surface area contributed by atoms with Gasteiger partial charge in [-0.3, -0.25) is 0 Å². The van der Waals surface area contributed by atoms with Gasteiger partial charge in [-0.25, -0.2) is 9.59 Å². The van der Waals surface area contributed by atoms with Crippen molar-refractivity contribution in [1.29, 1.82) is 0 Å². The number of urea groups is 1. The second-order valence-electron chi connectivity index (χ2n) is 3.98. The molecule has 0 radical (unpaired) electrons. The summed E-state index contributed by atoms with van der Waals surface area (Å²) in [4.78, 5) is 22.2. The summed E-state index contributed by atoms with van der Waals surface area (Å²) in [6.07, 6.45) is 1.52. The van der Waals surface area contributed by atoms with Crippen LogP contribution in [0, 0.1) is 0 Å². The Hall–Kier alpha value is -2.08. The summed E-state index contributed by atoms with van der Waals surface area (Å²) in [6.45, 7) is 0.665. The highest BCUT2D eigenvalue weighted by atomic mass is 16.5. The van der Waals surface area contributed by atoms with Gasteiger partial charge < -0.3 is 20.5 Å². The molecule has 1 saturated heterocycles. The lowest BCUT2D eigenvalue weighted by Gasteiger charge is -2.12. The van der Waals surface area contributed by atoms with Gasteiger partial charge in [-0.1, -0.05) is 0 Å². The Morgan fingerprint density at radius 3 is 2.56 bits per heavy atom. The van der Waals surface area contributed by atoms with Gasteiger partial charge in [0.25, 0.3) is 0 Å². The van der Waals surface area contributed by atoms with E-state index >= 15 is 0 Å². The van der Waals surface area contributed by atoms with Crippen LogP contribution in [0.15, 0.2) is 24.3 Å². The number of amides is 2. The normalized spacial score (nSPS) is 18.3. The molecule has 0 saturated carbocycles. The van der Waals surface area contributed by atoms with Crippen molar-refractivity contribution in [3.05, 3.63) is 29.8 Å². The van der Waals surface area contributed by atoms with E-state index < -0.39 is 5.97 Å². The molecule has 0 aliphatic carbocycles. The van der Waals surface area contributed by atoms with Crippen molar-refractivity contribution in [1.82, 2.24) is 5.32 Å². The molecule has 0 aromatic heterocycles. The van der Waals surface area contributed by atoms with Gasteiger partial charge in [0.05, 0.1) is 5.56 Å². The van der Waals surface area contributed by atoms with E-state index in [0.717, 1.165) is 12.8 Å². The maximum atomic E-state index is 11.6. The number of hydrogen-bond acceptors (Lipinski definition) is 3. The smallest absolute Gasteiger partial charge is 0.335 e. The second-order valence-corrected chi connectivity index (χ2v) is 3.98. The van der Waals surface area contributed by atoms with Gasteiger partial charge in [0.1, 0.15) is 6.23 Å². The largest absolute Gasteiger partial charge is 0.478 e. The zero-order chi connectivity index (χ0) is 13.0. The summed E-state index contributed by atoms with van der Waals surface area (Å²) in [5, 5.41) is 14.0. The predicted octanol–water partition coefficient (Wildman–Crippen LogP) is 1.64. The van der Waals surface area contributed by atoms with Gasteiger partial charge in [-0.05, 0) is 37.1 Å². The van der Waals surface area contributed by atoms with Crippen molar-refractivity contribution in [2.75, 3.05) is 11.9 Å².